The molecule has 0 aliphatic carbocycles. The quantitative estimate of drug-likeness (QED) is 0.834. The van der Waals surface area contributed by atoms with Gasteiger partial charge in [-0.05, 0) is 37.5 Å². The van der Waals surface area contributed by atoms with E-state index in [1.54, 1.807) is 12.4 Å². The van der Waals surface area contributed by atoms with Gasteiger partial charge in [-0.25, -0.2) is 4.98 Å². The molecule has 18 heavy (non-hydrogen) atoms. The van der Waals surface area contributed by atoms with Crippen LogP contribution < -0.4 is 5.32 Å². The van der Waals surface area contributed by atoms with Gasteiger partial charge < -0.3 is 5.32 Å². The van der Waals surface area contributed by atoms with Crippen molar-refractivity contribution in [3.8, 4) is 0 Å². The first-order chi connectivity index (χ1) is 8.79. The van der Waals surface area contributed by atoms with E-state index in [1.807, 2.05) is 19.1 Å². The number of rotatable bonds is 5. The highest BCUT2D eigenvalue weighted by Gasteiger charge is 2.01. The van der Waals surface area contributed by atoms with E-state index in [0.29, 0.717) is 5.88 Å². The van der Waals surface area contributed by atoms with Gasteiger partial charge in [-0.2, -0.15) is 0 Å². The van der Waals surface area contributed by atoms with Gasteiger partial charge in [0.25, 0.3) is 0 Å². The molecule has 1 aromatic heterocycles. The van der Waals surface area contributed by atoms with Gasteiger partial charge in [-0.3, -0.25) is 4.98 Å². The number of benzene rings is 1. The minimum Gasteiger partial charge on any atom is -0.339 e. The molecule has 0 aliphatic heterocycles. The number of hydrogen-bond donors (Lipinski definition) is 1. The maximum atomic E-state index is 5.71. The Hall–Kier alpha value is -1.61. The molecule has 0 amide bonds. The van der Waals surface area contributed by atoms with E-state index in [0.717, 1.165) is 30.0 Å². The average molecular weight is 262 g/mol. The number of aryl methyl sites for hydroxylation is 2. The summed E-state index contributed by atoms with van der Waals surface area (Å²) in [5.41, 5.74) is 3.21. The van der Waals surface area contributed by atoms with Gasteiger partial charge in [0.15, 0.2) is 5.82 Å². The summed E-state index contributed by atoms with van der Waals surface area (Å²) in [7, 11) is 0. The van der Waals surface area contributed by atoms with Gasteiger partial charge in [0, 0.05) is 24.0 Å². The van der Waals surface area contributed by atoms with Crippen molar-refractivity contribution in [2.24, 2.45) is 0 Å². The number of nitrogens with one attached hydrogen (secondary N) is 1. The van der Waals surface area contributed by atoms with Crippen LogP contribution in [0.15, 0.2) is 36.7 Å². The number of hydrogen-bond acceptors (Lipinski definition) is 3. The predicted octanol–water partition coefficient (Wildman–Crippen LogP) is 3.70. The Kier molecular flexibility index (Phi) is 4.53. The third-order valence-electron chi connectivity index (χ3n) is 2.67. The Morgan fingerprint density at radius 3 is 2.83 bits per heavy atom. The van der Waals surface area contributed by atoms with E-state index >= 15 is 0 Å². The third-order valence-corrected chi connectivity index (χ3v) is 2.94. The smallest absolute Gasteiger partial charge is 0.151 e. The summed E-state index contributed by atoms with van der Waals surface area (Å²) in [6.07, 6.45) is 5.37. The van der Waals surface area contributed by atoms with Crippen molar-refractivity contribution in [3.63, 3.8) is 0 Å². The number of halogens is 1. The molecule has 0 unspecified atom stereocenters. The molecule has 0 radical (unpaired) electrons. The minimum atomic E-state index is 0.695. The highest BCUT2D eigenvalue weighted by atomic mass is 35.5. The molecule has 2 rings (SSSR count). The lowest BCUT2D eigenvalue weighted by Crippen LogP contribution is -1.98. The number of alkyl halides is 1. The Bertz CT molecular complexity index is 514. The SMILES string of the molecule is Cc1nccnc1Nc1cccc(CCCCl)c1. The lowest BCUT2D eigenvalue weighted by molar-refractivity contribution is 0.929. The molecule has 2 aromatic rings. The van der Waals surface area contributed by atoms with Crippen LogP contribution in [0.25, 0.3) is 0 Å². The van der Waals surface area contributed by atoms with Crippen LogP contribution in [0.2, 0.25) is 0 Å². The lowest BCUT2D eigenvalue weighted by Gasteiger charge is -2.08. The van der Waals surface area contributed by atoms with E-state index in [2.05, 4.69) is 27.4 Å². The summed E-state index contributed by atoms with van der Waals surface area (Å²) >= 11 is 5.71. The number of anilines is 2. The van der Waals surface area contributed by atoms with Crippen LogP contribution in [0.5, 0.6) is 0 Å². The highest BCUT2D eigenvalue weighted by molar-refractivity contribution is 6.17. The van der Waals surface area contributed by atoms with Crippen molar-refractivity contribution in [2.75, 3.05) is 11.2 Å². The van der Waals surface area contributed by atoms with Crippen LogP contribution in [-0.4, -0.2) is 15.8 Å². The molecular weight excluding hydrogens is 246 g/mol. The van der Waals surface area contributed by atoms with E-state index in [4.69, 9.17) is 11.6 Å². The van der Waals surface area contributed by atoms with Gasteiger partial charge in [-0.1, -0.05) is 12.1 Å². The highest BCUT2D eigenvalue weighted by Crippen LogP contribution is 2.18. The Balaban J connectivity index is 2.12. The van der Waals surface area contributed by atoms with Crippen molar-refractivity contribution in [1.29, 1.82) is 0 Å². The summed E-state index contributed by atoms with van der Waals surface area (Å²) in [6.45, 7) is 1.94. The van der Waals surface area contributed by atoms with Crippen molar-refractivity contribution < 1.29 is 0 Å². The molecule has 4 heteroatoms. The molecule has 0 aliphatic rings. The zero-order chi connectivity index (χ0) is 12.8. The Morgan fingerprint density at radius 2 is 2.06 bits per heavy atom. The van der Waals surface area contributed by atoms with Crippen LogP contribution in [0.3, 0.4) is 0 Å². The molecular formula is C14H16ClN3. The topological polar surface area (TPSA) is 37.8 Å². The summed E-state index contributed by atoms with van der Waals surface area (Å²) in [6, 6.07) is 8.30. The second kappa shape index (κ2) is 6.36. The van der Waals surface area contributed by atoms with Gasteiger partial charge in [0.05, 0.1) is 5.69 Å². The van der Waals surface area contributed by atoms with Gasteiger partial charge in [-0.15, -0.1) is 11.6 Å². The maximum absolute atomic E-state index is 5.71. The Labute approximate surface area is 112 Å². The number of nitrogens with zero attached hydrogens (tertiary/aromatic N) is 2. The molecule has 0 fully saturated rings. The van der Waals surface area contributed by atoms with Crippen LogP contribution >= 0.6 is 11.6 Å². The van der Waals surface area contributed by atoms with Gasteiger partial charge in [0.2, 0.25) is 0 Å². The second-order valence-electron chi connectivity index (χ2n) is 4.11. The first-order valence-electron chi connectivity index (χ1n) is 5.99. The van der Waals surface area contributed by atoms with E-state index in [1.165, 1.54) is 5.56 Å². The largest absolute Gasteiger partial charge is 0.339 e. The first-order valence-corrected chi connectivity index (χ1v) is 6.52. The zero-order valence-electron chi connectivity index (χ0n) is 10.4. The van der Waals surface area contributed by atoms with Crippen LogP contribution in [0.4, 0.5) is 11.5 Å². The fraction of sp³-hybridized carbons (Fsp3) is 0.286. The van der Waals surface area contributed by atoms with E-state index in [-0.39, 0.29) is 0 Å². The normalized spacial score (nSPS) is 10.3. The lowest BCUT2D eigenvalue weighted by atomic mass is 10.1. The number of aromatic nitrogens is 2. The first kappa shape index (κ1) is 12.8. The average Bonchev–Trinajstić information content (AvgIpc) is 2.40. The maximum Gasteiger partial charge on any atom is 0.151 e. The standard InChI is InChI=1S/C14H16ClN3/c1-11-14(17-9-8-16-11)18-13-6-2-4-12(10-13)5-3-7-15/h2,4,6,8-10H,3,5,7H2,1H3,(H,17,18). The van der Waals surface area contributed by atoms with Crippen LogP contribution in [-0.2, 0) is 6.42 Å². The van der Waals surface area contributed by atoms with Crippen molar-refractivity contribution in [2.45, 2.75) is 19.8 Å². The minimum absolute atomic E-state index is 0.695. The molecule has 3 nitrogen and oxygen atoms in total. The molecule has 94 valence electrons. The summed E-state index contributed by atoms with van der Waals surface area (Å²) < 4.78 is 0. The predicted molar refractivity (Wildman–Crippen MR) is 75.5 cm³/mol. The van der Waals surface area contributed by atoms with Crippen molar-refractivity contribution >= 4 is 23.1 Å². The van der Waals surface area contributed by atoms with E-state index < -0.39 is 0 Å². The fourth-order valence-corrected chi connectivity index (χ4v) is 1.88. The molecule has 1 heterocycles. The van der Waals surface area contributed by atoms with Crippen molar-refractivity contribution in [1.82, 2.24) is 9.97 Å². The molecule has 0 saturated carbocycles. The Morgan fingerprint density at radius 1 is 1.22 bits per heavy atom. The summed E-state index contributed by atoms with van der Waals surface area (Å²) in [5.74, 6) is 1.49. The van der Waals surface area contributed by atoms with Crippen LogP contribution in [0.1, 0.15) is 17.7 Å². The van der Waals surface area contributed by atoms with Crippen LogP contribution in [0, 0.1) is 6.92 Å². The monoisotopic (exact) mass is 261 g/mol. The van der Waals surface area contributed by atoms with E-state index in [9.17, 15) is 0 Å². The molecule has 0 atom stereocenters. The van der Waals surface area contributed by atoms with Crippen molar-refractivity contribution in [3.05, 3.63) is 47.9 Å². The zero-order valence-corrected chi connectivity index (χ0v) is 11.1. The fourth-order valence-electron chi connectivity index (χ4n) is 1.74. The summed E-state index contributed by atoms with van der Waals surface area (Å²) in [4.78, 5) is 8.48. The van der Waals surface area contributed by atoms with Gasteiger partial charge in [0.1, 0.15) is 0 Å². The molecule has 1 aromatic carbocycles. The second-order valence-corrected chi connectivity index (χ2v) is 4.49. The third kappa shape index (κ3) is 3.44. The molecule has 0 bridgehead atoms. The molecule has 1 N–H and O–H groups in total. The summed E-state index contributed by atoms with van der Waals surface area (Å²) in [5, 5.41) is 3.28. The molecule has 0 spiro atoms. The van der Waals surface area contributed by atoms with Gasteiger partial charge >= 0.3 is 0 Å². The molecule has 0 saturated heterocycles.